The second-order valence-corrected chi connectivity index (χ2v) is 4.55. The normalized spacial score (nSPS) is 20.3. The van der Waals surface area contributed by atoms with Gasteiger partial charge in [-0.05, 0) is 0 Å². The van der Waals surface area contributed by atoms with Crippen LogP contribution in [0.4, 0.5) is 0 Å². The Morgan fingerprint density at radius 1 is 1.56 bits per heavy atom. The van der Waals surface area contributed by atoms with Crippen molar-refractivity contribution >= 4 is 13.7 Å². The zero-order valence-electron chi connectivity index (χ0n) is 10.3. The minimum atomic E-state index is -0.259. The molecule has 1 atom stereocenters. The molecule has 0 bridgehead atoms. The van der Waals surface area contributed by atoms with Crippen LogP contribution in [0.25, 0.3) is 0 Å². The number of hydrogen-bond acceptors (Lipinski definition) is 3. The first-order valence-electron chi connectivity index (χ1n) is 5.15. The van der Waals surface area contributed by atoms with E-state index in [1.165, 1.54) is 12.1 Å². The summed E-state index contributed by atoms with van der Waals surface area (Å²) in [6.07, 6.45) is 3.82. The Hall–Kier alpha value is 0.287. The van der Waals surface area contributed by atoms with Crippen LogP contribution in [0.2, 0.25) is 5.82 Å². The van der Waals surface area contributed by atoms with Gasteiger partial charge in [0.25, 0.3) is 7.48 Å². The minimum absolute atomic E-state index is 0. The van der Waals surface area contributed by atoms with E-state index in [4.69, 9.17) is 4.65 Å². The number of aliphatic hydroxyl groups is 1. The predicted molar refractivity (Wildman–Crippen MR) is 63.1 cm³/mol. The molecule has 1 radical (unpaired) electrons. The maximum Gasteiger partial charge on any atom is 0.298 e. The van der Waals surface area contributed by atoms with E-state index in [0.29, 0.717) is 12.2 Å². The van der Waals surface area contributed by atoms with Gasteiger partial charge in [0.15, 0.2) is 0 Å². The molecule has 16 heavy (non-hydrogen) atoms. The Balaban J connectivity index is 0.00000225. The maximum atomic E-state index is 9.28. The van der Waals surface area contributed by atoms with Gasteiger partial charge < -0.3 is 9.76 Å². The zero-order valence-corrected chi connectivity index (χ0v) is 14.5. The van der Waals surface area contributed by atoms with Crippen molar-refractivity contribution in [2.75, 3.05) is 0 Å². The monoisotopic (exact) mass is 445 g/mol. The van der Waals surface area contributed by atoms with Gasteiger partial charge in [-0.15, -0.1) is 0 Å². The number of aliphatic hydroxyl groups excluding tert-OH is 1. The summed E-state index contributed by atoms with van der Waals surface area (Å²) in [6, 6.07) is 0. The van der Waals surface area contributed by atoms with E-state index < -0.39 is 0 Å². The minimum Gasteiger partial charge on any atom is -0.511 e. The third kappa shape index (κ3) is 5.08. The molecule has 0 aliphatic carbocycles. The third-order valence-electron chi connectivity index (χ3n) is 2.69. The van der Waals surface area contributed by atoms with Crippen LogP contribution in [-0.4, -0.2) is 24.4 Å². The second kappa shape index (κ2) is 6.89. The molecule has 1 aliphatic heterocycles. The average Bonchev–Trinajstić information content (AvgIpc) is 2.15. The summed E-state index contributed by atoms with van der Waals surface area (Å²) < 4.78 is 5.69. The van der Waals surface area contributed by atoms with Gasteiger partial charge in [-0.1, -0.05) is 19.4 Å². The van der Waals surface area contributed by atoms with Crippen molar-refractivity contribution in [3.8, 4) is 0 Å². The first-order chi connectivity index (χ1) is 6.92. The molecule has 1 unspecified atom stereocenters. The Kier molecular flexibility index (Phi) is 7.01. The number of rotatable bonds is 4. The Morgan fingerprint density at radius 2 is 2.19 bits per heavy atom. The van der Waals surface area contributed by atoms with Gasteiger partial charge in [-0.3, -0.25) is 10.9 Å². The second-order valence-electron chi connectivity index (χ2n) is 4.55. The van der Waals surface area contributed by atoms with E-state index in [-0.39, 0.29) is 42.5 Å². The number of allylic oxidation sites excluding steroid dienone is 1. The van der Waals surface area contributed by atoms with Gasteiger partial charge in [0, 0.05) is 49.6 Å². The van der Waals surface area contributed by atoms with Crippen LogP contribution < -0.4 is 0 Å². The molecule has 0 spiro atoms. The first kappa shape index (κ1) is 16.3. The Bertz CT molecular complexity index is 277. The fraction of sp³-hybridized carbons (Fsp3) is 0.636. The maximum absolute atomic E-state index is 9.28. The molecule has 0 aromatic heterocycles. The zero-order chi connectivity index (χ0) is 11.5. The molecule has 1 aliphatic rings. The van der Waals surface area contributed by atoms with E-state index in [1.807, 2.05) is 27.7 Å². The van der Waals surface area contributed by atoms with Gasteiger partial charge in [0.1, 0.15) is 5.76 Å². The SMILES string of the molecule is C[C-](C)C(C)(C)O[B]C1C=NC=C(O)C1.[U]. The van der Waals surface area contributed by atoms with Crippen LogP contribution >= 0.6 is 0 Å². The van der Waals surface area contributed by atoms with Crippen molar-refractivity contribution in [1.82, 2.24) is 0 Å². The molecule has 1 rings (SSSR count). The first-order valence-corrected chi connectivity index (χ1v) is 5.15. The van der Waals surface area contributed by atoms with Gasteiger partial charge in [0.2, 0.25) is 0 Å². The summed E-state index contributed by atoms with van der Waals surface area (Å²) in [5, 5.41) is 9.28. The molecule has 0 aromatic carbocycles. The van der Waals surface area contributed by atoms with Crippen LogP contribution in [0.15, 0.2) is 17.0 Å². The van der Waals surface area contributed by atoms with Crippen LogP contribution in [0.1, 0.15) is 34.1 Å². The molecule has 5 heteroatoms. The molecule has 0 saturated carbocycles. The summed E-state index contributed by atoms with van der Waals surface area (Å²) in [6.45, 7) is 8.13. The Labute approximate surface area is 122 Å². The van der Waals surface area contributed by atoms with Crippen LogP contribution in [0.5, 0.6) is 0 Å². The fourth-order valence-electron chi connectivity index (χ4n) is 1.05. The van der Waals surface area contributed by atoms with Crippen molar-refractivity contribution in [3.63, 3.8) is 0 Å². The number of aliphatic imine (C=N–C) groups is 1. The van der Waals surface area contributed by atoms with E-state index in [0.717, 1.165) is 0 Å². The molecule has 87 valence electrons. The van der Waals surface area contributed by atoms with Gasteiger partial charge >= 0.3 is 0 Å². The van der Waals surface area contributed by atoms with Crippen molar-refractivity contribution in [1.29, 1.82) is 0 Å². The predicted octanol–water partition coefficient (Wildman–Crippen LogP) is 2.68. The molecular formula is C11H18BNO2U-. The third-order valence-corrected chi connectivity index (χ3v) is 2.69. The van der Waals surface area contributed by atoms with Crippen molar-refractivity contribution in [3.05, 3.63) is 17.9 Å². The van der Waals surface area contributed by atoms with Crippen LogP contribution in [0, 0.1) is 37.0 Å². The summed E-state index contributed by atoms with van der Waals surface area (Å²) in [5.41, 5.74) is -0.259. The fourth-order valence-corrected chi connectivity index (χ4v) is 1.05. The largest absolute Gasteiger partial charge is 0.511 e. The topological polar surface area (TPSA) is 41.8 Å². The molecule has 0 saturated heterocycles. The van der Waals surface area contributed by atoms with E-state index >= 15 is 0 Å². The van der Waals surface area contributed by atoms with Gasteiger partial charge in [-0.25, -0.2) is 0 Å². The van der Waals surface area contributed by atoms with Gasteiger partial charge in [-0.2, -0.15) is 13.8 Å². The van der Waals surface area contributed by atoms with E-state index in [9.17, 15) is 5.11 Å². The summed E-state index contributed by atoms with van der Waals surface area (Å²) in [7, 11) is 1.75. The number of nitrogens with zero attached hydrogens (tertiary/aromatic N) is 1. The molecule has 3 nitrogen and oxygen atoms in total. The standard InChI is InChI=1S/C11H18BNO2.U/c1-8(2)11(3,4)15-12-9-5-10(14)7-13-6-9;/h6-7,9,14H,5H2,1-4H3;/q-1;. The Morgan fingerprint density at radius 3 is 2.69 bits per heavy atom. The molecule has 1 heterocycles. The molecular weight excluding hydrogens is 427 g/mol. The van der Waals surface area contributed by atoms with E-state index in [1.54, 1.807) is 13.7 Å². The summed E-state index contributed by atoms with van der Waals surface area (Å²) in [5.74, 6) is 1.58. The number of hydrogen-bond donors (Lipinski definition) is 1. The van der Waals surface area contributed by atoms with Crippen molar-refractivity contribution in [2.24, 2.45) is 4.99 Å². The van der Waals surface area contributed by atoms with Crippen LogP contribution in [0.3, 0.4) is 0 Å². The van der Waals surface area contributed by atoms with E-state index in [2.05, 4.69) is 4.99 Å². The summed E-state index contributed by atoms with van der Waals surface area (Å²) >= 11 is 0. The van der Waals surface area contributed by atoms with Crippen molar-refractivity contribution in [2.45, 2.75) is 45.5 Å². The van der Waals surface area contributed by atoms with Crippen LogP contribution in [-0.2, 0) is 4.65 Å². The smallest absolute Gasteiger partial charge is 0.298 e. The molecule has 1 N–H and O–H groups in total. The molecule has 0 fully saturated rings. The molecule has 0 aromatic rings. The average molecular weight is 445 g/mol. The van der Waals surface area contributed by atoms with Gasteiger partial charge in [0.05, 0.1) is 6.20 Å². The summed E-state index contributed by atoms with van der Waals surface area (Å²) in [4.78, 5) is 3.93. The molecule has 0 amide bonds. The quantitative estimate of drug-likeness (QED) is 0.535. The van der Waals surface area contributed by atoms with Crippen molar-refractivity contribution < 1.29 is 40.9 Å².